The van der Waals surface area contributed by atoms with Crippen molar-refractivity contribution < 1.29 is 9.53 Å². The lowest BCUT2D eigenvalue weighted by atomic mass is 9.89. The second-order valence-electron chi connectivity index (χ2n) is 7.86. The molecule has 148 valence electrons. The van der Waals surface area contributed by atoms with Crippen molar-refractivity contribution in [3.05, 3.63) is 58.1 Å². The quantitative estimate of drug-likeness (QED) is 0.695. The average Bonchev–Trinajstić information content (AvgIpc) is 3.04. The Balaban J connectivity index is 1.28. The summed E-state index contributed by atoms with van der Waals surface area (Å²) in [5.41, 5.74) is 3.47. The number of rotatable bonds is 6. The molecular formula is C23H27BrN2O2. The Labute approximate surface area is 175 Å². The van der Waals surface area contributed by atoms with Crippen LogP contribution >= 0.6 is 15.9 Å². The molecule has 0 aromatic heterocycles. The number of nitrogens with one attached hydrogen (secondary N) is 1. The first kappa shape index (κ1) is 19.5. The third kappa shape index (κ3) is 4.26. The van der Waals surface area contributed by atoms with Gasteiger partial charge in [-0.15, -0.1) is 0 Å². The number of nitrogens with zero attached hydrogens (tertiary/aromatic N) is 1. The number of para-hydroxylation sites is 1. The van der Waals surface area contributed by atoms with Crippen molar-refractivity contribution in [3.8, 4) is 5.75 Å². The molecule has 2 heterocycles. The summed E-state index contributed by atoms with van der Waals surface area (Å²) in [5.74, 6) is 1.78. The van der Waals surface area contributed by atoms with Crippen LogP contribution in [-0.4, -0.2) is 37.6 Å². The molecule has 4 rings (SSSR count). The van der Waals surface area contributed by atoms with E-state index in [1.54, 1.807) is 7.11 Å². The fourth-order valence-electron chi connectivity index (χ4n) is 4.43. The number of hydrogen-bond acceptors (Lipinski definition) is 3. The topological polar surface area (TPSA) is 41.6 Å². The minimum Gasteiger partial charge on any atom is -0.497 e. The highest BCUT2D eigenvalue weighted by Gasteiger charge is 2.30. The predicted octanol–water partition coefficient (Wildman–Crippen LogP) is 4.84. The van der Waals surface area contributed by atoms with Crippen LogP contribution in [0.25, 0.3) is 0 Å². The van der Waals surface area contributed by atoms with Crippen molar-refractivity contribution in [2.24, 2.45) is 5.92 Å². The Kier molecular flexibility index (Phi) is 6.02. The van der Waals surface area contributed by atoms with Crippen LogP contribution in [-0.2, 0) is 11.2 Å². The zero-order valence-corrected chi connectivity index (χ0v) is 17.9. The van der Waals surface area contributed by atoms with E-state index in [1.807, 2.05) is 24.3 Å². The van der Waals surface area contributed by atoms with Crippen molar-refractivity contribution in [1.29, 1.82) is 0 Å². The maximum Gasteiger partial charge on any atom is 0.232 e. The summed E-state index contributed by atoms with van der Waals surface area (Å²) in [6.45, 7) is 3.21. The lowest BCUT2D eigenvalue weighted by Gasteiger charge is -2.32. The molecule has 1 saturated heterocycles. The predicted molar refractivity (Wildman–Crippen MR) is 116 cm³/mol. The number of benzene rings is 2. The minimum absolute atomic E-state index is 0.00154. The number of likely N-dealkylation sites (tertiary alicyclic amines) is 1. The summed E-state index contributed by atoms with van der Waals surface area (Å²) >= 11 is 3.68. The van der Waals surface area contributed by atoms with Gasteiger partial charge in [0.05, 0.1) is 13.0 Å². The molecule has 0 spiro atoms. The Morgan fingerprint density at radius 3 is 2.75 bits per heavy atom. The van der Waals surface area contributed by atoms with Gasteiger partial charge in [0, 0.05) is 10.2 Å². The second kappa shape index (κ2) is 8.66. The Morgan fingerprint density at radius 2 is 1.96 bits per heavy atom. The van der Waals surface area contributed by atoms with Gasteiger partial charge in [-0.25, -0.2) is 0 Å². The van der Waals surface area contributed by atoms with E-state index < -0.39 is 0 Å². The average molecular weight is 443 g/mol. The highest BCUT2D eigenvalue weighted by atomic mass is 79.9. The molecule has 1 atom stereocenters. The van der Waals surface area contributed by atoms with E-state index in [9.17, 15) is 4.79 Å². The molecule has 2 aromatic rings. The van der Waals surface area contributed by atoms with Gasteiger partial charge in [-0.05, 0) is 86.6 Å². The third-order valence-electron chi connectivity index (χ3n) is 6.11. The van der Waals surface area contributed by atoms with Gasteiger partial charge in [0.2, 0.25) is 5.91 Å². The molecule has 0 radical (unpaired) electrons. The van der Waals surface area contributed by atoms with Crippen molar-refractivity contribution in [2.45, 2.75) is 31.6 Å². The highest BCUT2D eigenvalue weighted by molar-refractivity contribution is 9.10. The lowest BCUT2D eigenvalue weighted by Crippen LogP contribution is -2.36. The van der Waals surface area contributed by atoms with Gasteiger partial charge in [-0.2, -0.15) is 0 Å². The van der Waals surface area contributed by atoms with Crippen LogP contribution in [0.4, 0.5) is 5.69 Å². The molecule has 28 heavy (non-hydrogen) atoms. The highest BCUT2D eigenvalue weighted by Crippen LogP contribution is 2.35. The maximum absolute atomic E-state index is 12.3. The summed E-state index contributed by atoms with van der Waals surface area (Å²) in [5, 5.41) is 3.01. The molecule has 1 fully saturated rings. The number of fused-ring (bicyclic) bond motifs is 1. The van der Waals surface area contributed by atoms with Crippen LogP contribution in [0.2, 0.25) is 0 Å². The molecule has 2 aliphatic rings. The van der Waals surface area contributed by atoms with Gasteiger partial charge >= 0.3 is 0 Å². The SMILES string of the molecule is COc1ccc(Br)c(CC2CCN(CCC3C(=O)Nc4ccccc43)CC2)c1. The monoisotopic (exact) mass is 442 g/mol. The second-order valence-corrected chi connectivity index (χ2v) is 8.72. The van der Waals surface area contributed by atoms with Gasteiger partial charge in [-0.3, -0.25) is 4.79 Å². The number of ether oxygens (including phenoxy) is 1. The fraction of sp³-hybridized carbons (Fsp3) is 0.435. The first-order valence-electron chi connectivity index (χ1n) is 10.1. The third-order valence-corrected chi connectivity index (χ3v) is 6.89. The van der Waals surface area contributed by atoms with Crippen LogP contribution in [0.15, 0.2) is 46.9 Å². The van der Waals surface area contributed by atoms with Crippen LogP contribution in [0.1, 0.15) is 36.3 Å². The number of hydrogen-bond donors (Lipinski definition) is 1. The fourth-order valence-corrected chi connectivity index (χ4v) is 4.84. The van der Waals surface area contributed by atoms with Crippen LogP contribution in [0.5, 0.6) is 5.75 Å². The summed E-state index contributed by atoms with van der Waals surface area (Å²) in [6.07, 6.45) is 4.40. The van der Waals surface area contributed by atoms with Crippen molar-refractivity contribution in [3.63, 3.8) is 0 Å². The Hall–Kier alpha value is -1.85. The van der Waals surface area contributed by atoms with E-state index in [0.717, 1.165) is 49.5 Å². The molecule has 1 amide bonds. The van der Waals surface area contributed by atoms with E-state index in [-0.39, 0.29) is 11.8 Å². The summed E-state index contributed by atoms with van der Waals surface area (Å²) < 4.78 is 6.54. The summed E-state index contributed by atoms with van der Waals surface area (Å²) in [7, 11) is 1.72. The first-order valence-corrected chi connectivity index (χ1v) is 10.9. The number of anilines is 1. The molecule has 1 N–H and O–H groups in total. The number of methoxy groups -OCH3 is 1. The van der Waals surface area contributed by atoms with Crippen LogP contribution < -0.4 is 10.1 Å². The lowest BCUT2D eigenvalue weighted by molar-refractivity contribution is -0.117. The zero-order chi connectivity index (χ0) is 19.5. The molecular weight excluding hydrogens is 416 g/mol. The Morgan fingerprint density at radius 1 is 1.18 bits per heavy atom. The normalized spacial score (nSPS) is 20.1. The van der Waals surface area contributed by atoms with Gasteiger partial charge in [0.25, 0.3) is 0 Å². The molecule has 5 heteroatoms. The number of halogens is 1. The standard InChI is InChI=1S/C23H27BrN2O2/c1-28-18-6-7-21(24)17(15-18)14-16-8-11-26(12-9-16)13-10-20-19-4-2-3-5-22(19)25-23(20)27/h2-7,15-16,20H,8-14H2,1H3,(H,25,27). The Bertz CT molecular complexity index is 846. The van der Waals surface area contributed by atoms with Crippen molar-refractivity contribution in [2.75, 3.05) is 32.1 Å². The summed E-state index contributed by atoms with van der Waals surface area (Å²) in [6, 6.07) is 14.3. The van der Waals surface area contributed by atoms with Crippen LogP contribution in [0.3, 0.4) is 0 Å². The van der Waals surface area contributed by atoms with Crippen LogP contribution in [0, 0.1) is 5.92 Å². The van der Waals surface area contributed by atoms with E-state index in [2.05, 4.69) is 44.3 Å². The number of piperidine rings is 1. The molecule has 1 unspecified atom stereocenters. The van der Waals surface area contributed by atoms with E-state index in [4.69, 9.17) is 4.74 Å². The molecule has 4 nitrogen and oxygen atoms in total. The zero-order valence-electron chi connectivity index (χ0n) is 16.3. The number of carbonyl (C=O) groups excluding carboxylic acids is 1. The van der Waals surface area contributed by atoms with Gasteiger partial charge in [0.1, 0.15) is 5.75 Å². The molecule has 0 bridgehead atoms. The first-order chi connectivity index (χ1) is 13.6. The van der Waals surface area contributed by atoms with Gasteiger partial charge in [0.15, 0.2) is 0 Å². The van der Waals surface area contributed by atoms with Crippen molar-refractivity contribution in [1.82, 2.24) is 4.90 Å². The smallest absolute Gasteiger partial charge is 0.232 e. The van der Waals surface area contributed by atoms with E-state index >= 15 is 0 Å². The van der Waals surface area contributed by atoms with Crippen molar-refractivity contribution >= 4 is 27.5 Å². The van der Waals surface area contributed by atoms with E-state index in [1.165, 1.54) is 22.9 Å². The largest absolute Gasteiger partial charge is 0.497 e. The van der Waals surface area contributed by atoms with E-state index in [0.29, 0.717) is 5.92 Å². The maximum atomic E-state index is 12.3. The number of carbonyl (C=O) groups is 1. The molecule has 0 saturated carbocycles. The minimum atomic E-state index is 0.00154. The molecule has 2 aliphatic heterocycles. The molecule has 2 aromatic carbocycles. The summed E-state index contributed by atoms with van der Waals surface area (Å²) in [4.78, 5) is 14.8. The number of amides is 1. The molecule has 0 aliphatic carbocycles. The van der Waals surface area contributed by atoms with Gasteiger partial charge < -0.3 is 15.0 Å². The van der Waals surface area contributed by atoms with Gasteiger partial charge in [-0.1, -0.05) is 34.1 Å².